The third kappa shape index (κ3) is 2.47. The molecule has 0 bridgehead atoms. The van der Waals surface area contributed by atoms with Crippen molar-refractivity contribution in [3.8, 4) is 0 Å². The van der Waals surface area contributed by atoms with Crippen LogP contribution in [-0.2, 0) is 0 Å². The Labute approximate surface area is 112 Å². The smallest absolute Gasteiger partial charge is 0.226 e. The first-order valence-corrected chi connectivity index (χ1v) is 7.02. The zero-order chi connectivity index (χ0) is 13.1. The molecule has 0 radical (unpaired) electrons. The lowest BCUT2D eigenvalue weighted by molar-refractivity contribution is 0.554. The van der Waals surface area contributed by atoms with Gasteiger partial charge < -0.3 is 10.2 Å². The van der Waals surface area contributed by atoms with Crippen LogP contribution in [0, 0.1) is 0 Å². The second kappa shape index (κ2) is 5.42. The predicted octanol–water partition coefficient (Wildman–Crippen LogP) is 2.17. The summed E-state index contributed by atoms with van der Waals surface area (Å²) in [5, 5.41) is 11.1. The maximum Gasteiger partial charge on any atom is 0.226 e. The summed E-state index contributed by atoms with van der Waals surface area (Å²) >= 11 is 0. The van der Waals surface area contributed by atoms with Gasteiger partial charge in [-0.05, 0) is 12.8 Å². The van der Waals surface area contributed by atoms with Crippen molar-refractivity contribution < 1.29 is 0 Å². The molecule has 0 unspecified atom stereocenters. The van der Waals surface area contributed by atoms with Crippen molar-refractivity contribution in [2.24, 2.45) is 0 Å². The highest BCUT2D eigenvalue weighted by Crippen LogP contribution is 2.25. The van der Waals surface area contributed by atoms with Gasteiger partial charge in [-0.25, -0.2) is 0 Å². The third-order valence-electron chi connectivity index (χ3n) is 3.67. The summed E-state index contributed by atoms with van der Waals surface area (Å²) in [7, 11) is 1.84. The van der Waals surface area contributed by atoms with Crippen LogP contribution in [0.25, 0.3) is 11.0 Å². The quantitative estimate of drug-likeness (QED) is 0.866. The molecule has 0 aromatic carbocycles. The Balaban J connectivity index is 1.98. The number of anilines is 2. The highest BCUT2D eigenvalue weighted by Gasteiger charge is 2.16. The number of fused-ring (bicyclic) bond motifs is 1. The van der Waals surface area contributed by atoms with E-state index < -0.39 is 0 Å². The molecule has 0 spiro atoms. The van der Waals surface area contributed by atoms with Gasteiger partial charge in [0.1, 0.15) is 5.82 Å². The Morgan fingerprint density at radius 3 is 2.58 bits per heavy atom. The molecule has 1 fully saturated rings. The second-order valence-electron chi connectivity index (χ2n) is 5.01. The Morgan fingerprint density at radius 1 is 1.11 bits per heavy atom. The standard InChI is InChI=1S/C13H20N6/c1-14-13-16-11-10(9-15-18-11)12(17-13)19-7-5-3-2-4-6-8-19/h9H,2-8H2,1H3,(H2,14,15,16,17,18). The van der Waals surface area contributed by atoms with E-state index in [4.69, 9.17) is 0 Å². The monoisotopic (exact) mass is 260 g/mol. The number of rotatable bonds is 2. The van der Waals surface area contributed by atoms with Gasteiger partial charge in [0.25, 0.3) is 0 Å². The fourth-order valence-corrected chi connectivity index (χ4v) is 2.63. The lowest BCUT2D eigenvalue weighted by Crippen LogP contribution is -2.28. The summed E-state index contributed by atoms with van der Waals surface area (Å²) in [6.45, 7) is 2.14. The van der Waals surface area contributed by atoms with E-state index in [1.54, 1.807) is 0 Å². The van der Waals surface area contributed by atoms with Gasteiger partial charge in [-0.2, -0.15) is 15.1 Å². The molecule has 1 aliphatic heterocycles. The summed E-state index contributed by atoms with van der Waals surface area (Å²) in [5.41, 5.74) is 0.802. The summed E-state index contributed by atoms with van der Waals surface area (Å²) < 4.78 is 0. The maximum absolute atomic E-state index is 4.63. The van der Waals surface area contributed by atoms with Crippen molar-refractivity contribution in [1.82, 2.24) is 20.2 Å². The Kier molecular flexibility index (Phi) is 3.48. The largest absolute Gasteiger partial charge is 0.357 e. The first kappa shape index (κ1) is 12.2. The molecule has 2 N–H and O–H groups in total. The minimum atomic E-state index is 0.647. The normalized spacial score (nSPS) is 17.2. The Hall–Kier alpha value is -1.85. The highest BCUT2D eigenvalue weighted by molar-refractivity contribution is 5.87. The van der Waals surface area contributed by atoms with E-state index in [2.05, 4.69) is 30.4 Å². The van der Waals surface area contributed by atoms with Crippen molar-refractivity contribution in [3.63, 3.8) is 0 Å². The van der Waals surface area contributed by atoms with Gasteiger partial charge in [0.05, 0.1) is 11.6 Å². The average Bonchev–Trinajstić information content (AvgIpc) is 2.85. The lowest BCUT2D eigenvalue weighted by Gasteiger charge is -2.26. The van der Waals surface area contributed by atoms with Crippen LogP contribution in [0.1, 0.15) is 32.1 Å². The summed E-state index contributed by atoms with van der Waals surface area (Å²) in [6, 6.07) is 0. The van der Waals surface area contributed by atoms with Crippen molar-refractivity contribution in [1.29, 1.82) is 0 Å². The molecule has 3 rings (SSSR count). The van der Waals surface area contributed by atoms with E-state index in [0.717, 1.165) is 29.9 Å². The lowest BCUT2D eigenvalue weighted by atomic mass is 10.1. The van der Waals surface area contributed by atoms with E-state index >= 15 is 0 Å². The van der Waals surface area contributed by atoms with Crippen LogP contribution >= 0.6 is 0 Å². The molecule has 0 aliphatic carbocycles. The molecule has 1 saturated heterocycles. The zero-order valence-corrected chi connectivity index (χ0v) is 11.3. The molecule has 0 saturated carbocycles. The summed E-state index contributed by atoms with van der Waals surface area (Å²) in [5.74, 6) is 1.65. The Bertz CT molecular complexity index is 541. The molecule has 0 atom stereocenters. The van der Waals surface area contributed by atoms with Gasteiger partial charge in [-0.3, -0.25) is 5.10 Å². The number of hydrogen-bond donors (Lipinski definition) is 2. The van der Waals surface area contributed by atoms with Crippen molar-refractivity contribution in [2.75, 3.05) is 30.4 Å². The van der Waals surface area contributed by atoms with Gasteiger partial charge in [0, 0.05) is 20.1 Å². The predicted molar refractivity (Wildman–Crippen MR) is 76.5 cm³/mol. The van der Waals surface area contributed by atoms with E-state index in [0.29, 0.717) is 5.95 Å². The fourth-order valence-electron chi connectivity index (χ4n) is 2.63. The molecule has 3 heterocycles. The minimum Gasteiger partial charge on any atom is -0.357 e. The van der Waals surface area contributed by atoms with Gasteiger partial charge >= 0.3 is 0 Å². The maximum atomic E-state index is 4.63. The summed E-state index contributed by atoms with van der Waals surface area (Å²) in [6.07, 6.45) is 8.28. The highest BCUT2D eigenvalue weighted by atomic mass is 15.3. The molecule has 6 nitrogen and oxygen atoms in total. The minimum absolute atomic E-state index is 0.647. The van der Waals surface area contributed by atoms with Crippen LogP contribution in [-0.4, -0.2) is 40.3 Å². The second-order valence-corrected chi connectivity index (χ2v) is 5.01. The number of H-pyrrole nitrogens is 1. The van der Waals surface area contributed by atoms with Gasteiger partial charge in [-0.15, -0.1) is 0 Å². The van der Waals surface area contributed by atoms with E-state index in [9.17, 15) is 0 Å². The molecule has 1 aliphatic rings. The third-order valence-corrected chi connectivity index (χ3v) is 3.67. The number of aromatic amines is 1. The molecule has 2 aromatic rings. The van der Waals surface area contributed by atoms with Crippen molar-refractivity contribution >= 4 is 22.8 Å². The van der Waals surface area contributed by atoms with Crippen LogP contribution in [0.2, 0.25) is 0 Å². The zero-order valence-electron chi connectivity index (χ0n) is 11.3. The Morgan fingerprint density at radius 2 is 1.84 bits per heavy atom. The van der Waals surface area contributed by atoms with Crippen LogP contribution in [0.4, 0.5) is 11.8 Å². The molecule has 2 aromatic heterocycles. The number of hydrogen-bond acceptors (Lipinski definition) is 5. The molecule has 6 heteroatoms. The number of nitrogens with one attached hydrogen (secondary N) is 2. The van der Waals surface area contributed by atoms with Gasteiger partial charge in [0.15, 0.2) is 5.65 Å². The molecular formula is C13H20N6. The summed E-state index contributed by atoms with van der Waals surface area (Å²) in [4.78, 5) is 11.4. The van der Waals surface area contributed by atoms with E-state index in [-0.39, 0.29) is 0 Å². The van der Waals surface area contributed by atoms with Gasteiger partial charge in [0.2, 0.25) is 5.95 Å². The van der Waals surface area contributed by atoms with E-state index in [1.807, 2.05) is 13.2 Å². The first-order chi connectivity index (χ1) is 9.38. The average molecular weight is 260 g/mol. The van der Waals surface area contributed by atoms with Crippen molar-refractivity contribution in [2.45, 2.75) is 32.1 Å². The van der Waals surface area contributed by atoms with Crippen LogP contribution in [0.3, 0.4) is 0 Å². The topological polar surface area (TPSA) is 69.7 Å². The van der Waals surface area contributed by atoms with Crippen LogP contribution in [0.5, 0.6) is 0 Å². The van der Waals surface area contributed by atoms with Crippen LogP contribution in [0.15, 0.2) is 6.20 Å². The molecule has 19 heavy (non-hydrogen) atoms. The van der Waals surface area contributed by atoms with E-state index in [1.165, 1.54) is 32.1 Å². The van der Waals surface area contributed by atoms with Crippen molar-refractivity contribution in [3.05, 3.63) is 6.20 Å². The fraction of sp³-hybridized carbons (Fsp3) is 0.615. The first-order valence-electron chi connectivity index (χ1n) is 7.02. The molecule has 102 valence electrons. The number of nitrogens with zero attached hydrogens (tertiary/aromatic N) is 4. The van der Waals surface area contributed by atoms with Gasteiger partial charge in [-0.1, -0.05) is 19.3 Å². The SMILES string of the molecule is CNc1nc(N2CCCCCCC2)c2cn[nH]c2n1. The van der Waals surface area contributed by atoms with Crippen LogP contribution < -0.4 is 10.2 Å². The molecule has 0 amide bonds. The number of aromatic nitrogens is 4. The molecular weight excluding hydrogens is 240 g/mol.